The summed E-state index contributed by atoms with van der Waals surface area (Å²) in [5, 5.41) is 35.1. The van der Waals surface area contributed by atoms with Crippen molar-refractivity contribution in [1.82, 2.24) is 16.0 Å². The van der Waals surface area contributed by atoms with E-state index in [0.29, 0.717) is 5.56 Å². The molecule has 0 spiro atoms. The summed E-state index contributed by atoms with van der Waals surface area (Å²) in [5.41, 5.74) is 11.5. The first kappa shape index (κ1) is 31.8. The lowest BCUT2D eigenvalue weighted by molar-refractivity contribution is -0.143. The quantitative estimate of drug-likeness (QED) is 0.122. The third-order valence-corrected chi connectivity index (χ3v) is 5.60. The number of phenolic OH excluding ortho intramolecular Hbond substituents is 1. The number of hydrogen-bond acceptors (Lipinski definition) is 8. The fourth-order valence-electron chi connectivity index (χ4n) is 3.28. The minimum atomic E-state index is -1.48. The molecule has 0 aliphatic rings. The molecule has 210 valence electrons. The summed E-state index contributed by atoms with van der Waals surface area (Å²) in [5.74, 6) is -6.27. The molecule has 0 saturated heterocycles. The summed E-state index contributed by atoms with van der Waals surface area (Å²) in [6.45, 7) is 3.37. The highest BCUT2D eigenvalue weighted by atomic mass is 16.4. The zero-order chi connectivity index (χ0) is 29.0. The molecule has 4 unspecified atom stereocenters. The Kier molecular flexibility index (Phi) is 12.7. The first-order valence-corrected chi connectivity index (χ1v) is 11.9. The van der Waals surface area contributed by atoms with E-state index in [4.69, 9.17) is 16.6 Å². The number of nitrogens with one attached hydrogen (secondary N) is 3. The minimum absolute atomic E-state index is 0.0339. The highest BCUT2D eigenvalue weighted by Gasteiger charge is 2.31. The van der Waals surface area contributed by atoms with Gasteiger partial charge in [0.05, 0.1) is 6.04 Å². The standard InChI is InChI=1S/C24H35N5O9/c1-12(2)20(26)23(36)28-15(7-9-18(25)31)21(34)27-16(8-10-19(32)33)22(35)29-17(24(37)38)11-13-3-5-14(30)6-4-13/h3-6,12,15-17,20,30H,7-11,26H2,1-2H3,(H2,25,31)(H,27,34)(H,28,36)(H,29,35)(H,32,33)(H,37,38). The average Bonchev–Trinajstić information content (AvgIpc) is 2.83. The van der Waals surface area contributed by atoms with E-state index in [-0.39, 0.29) is 37.4 Å². The monoisotopic (exact) mass is 537 g/mol. The molecular formula is C24H35N5O9. The molecule has 0 aliphatic carbocycles. The molecule has 4 amide bonds. The number of primary amides is 1. The Labute approximate surface area is 219 Å². The van der Waals surface area contributed by atoms with Gasteiger partial charge in [-0.25, -0.2) is 4.79 Å². The van der Waals surface area contributed by atoms with Gasteiger partial charge in [0.2, 0.25) is 23.6 Å². The Morgan fingerprint density at radius 3 is 1.71 bits per heavy atom. The predicted molar refractivity (Wildman–Crippen MR) is 133 cm³/mol. The van der Waals surface area contributed by atoms with Crippen LogP contribution in [0.25, 0.3) is 0 Å². The maximum absolute atomic E-state index is 13.0. The number of hydrogen-bond donors (Lipinski definition) is 8. The van der Waals surface area contributed by atoms with E-state index >= 15 is 0 Å². The van der Waals surface area contributed by atoms with Gasteiger partial charge in [-0.05, 0) is 36.5 Å². The van der Waals surface area contributed by atoms with Crippen molar-refractivity contribution in [3.8, 4) is 5.75 Å². The summed E-state index contributed by atoms with van der Waals surface area (Å²) in [6.07, 6.45) is -1.59. The normalized spacial score (nSPS) is 14.0. The van der Waals surface area contributed by atoms with Crippen molar-refractivity contribution in [2.75, 3.05) is 0 Å². The highest BCUT2D eigenvalue weighted by molar-refractivity contribution is 5.94. The van der Waals surface area contributed by atoms with Crippen molar-refractivity contribution >= 4 is 35.6 Å². The first-order valence-electron chi connectivity index (χ1n) is 11.9. The lowest BCUT2D eigenvalue weighted by Crippen LogP contribution is -2.57. The number of nitrogens with two attached hydrogens (primary N) is 2. The smallest absolute Gasteiger partial charge is 0.326 e. The summed E-state index contributed by atoms with van der Waals surface area (Å²) in [4.78, 5) is 72.5. The Hall–Kier alpha value is -4.20. The lowest BCUT2D eigenvalue weighted by atomic mass is 10.0. The maximum atomic E-state index is 13.0. The largest absolute Gasteiger partial charge is 0.508 e. The fraction of sp³-hybridized carbons (Fsp3) is 0.500. The van der Waals surface area contributed by atoms with E-state index in [9.17, 15) is 39.0 Å². The third-order valence-electron chi connectivity index (χ3n) is 5.60. The van der Waals surface area contributed by atoms with Crippen molar-refractivity contribution < 1.29 is 44.1 Å². The average molecular weight is 538 g/mol. The van der Waals surface area contributed by atoms with Gasteiger partial charge in [-0.1, -0.05) is 26.0 Å². The van der Waals surface area contributed by atoms with Crippen LogP contribution >= 0.6 is 0 Å². The number of carbonyl (C=O) groups is 6. The fourth-order valence-corrected chi connectivity index (χ4v) is 3.28. The first-order chi connectivity index (χ1) is 17.7. The summed E-state index contributed by atoms with van der Waals surface area (Å²) >= 11 is 0. The van der Waals surface area contributed by atoms with Crippen LogP contribution in [0.2, 0.25) is 0 Å². The van der Waals surface area contributed by atoms with Gasteiger partial charge in [-0.2, -0.15) is 0 Å². The van der Waals surface area contributed by atoms with Crippen LogP contribution < -0.4 is 27.4 Å². The van der Waals surface area contributed by atoms with Gasteiger partial charge in [0.1, 0.15) is 23.9 Å². The summed E-state index contributed by atoms with van der Waals surface area (Å²) in [7, 11) is 0. The highest BCUT2D eigenvalue weighted by Crippen LogP contribution is 2.12. The number of carboxylic acid groups (broad SMARTS) is 2. The molecule has 4 atom stereocenters. The van der Waals surface area contributed by atoms with Crippen molar-refractivity contribution in [2.45, 2.75) is 70.1 Å². The van der Waals surface area contributed by atoms with Crippen LogP contribution in [0.1, 0.15) is 45.1 Å². The second-order valence-electron chi connectivity index (χ2n) is 9.10. The SMILES string of the molecule is CC(C)C(N)C(=O)NC(CCC(N)=O)C(=O)NC(CCC(=O)O)C(=O)NC(Cc1ccc(O)cc1)C(=O)O. The Balaban J connectivity index is 3.08. The van der Waals surface area contributed by atoms with Gasteiger partial charge in [0, 0.05) is 19.3 Å². The molecule has 0 aromatic heterocycles. The van der Waals surface area contributed by atoms with Crippen LogP contribution in [-0.2, 0) is 35.2 Å². The molecule has 0 bridgehead atoms. The molecule has 14 heteroatoms. The molecule has 1 aromatic carbocycles. The summed E-state index contributed by atoms with van der Waals surface area (Å²) in [6, 6.07) is 0.408. The van der Waals surface area contributed by atoms with Crippen LogP contribution in [0, 0.1) is 5.92 Å². The van der Waals surface area contributed by atoms with Gasteiger partial charge < -0.3 is 42.7 Å². The number of aromatic hydroxyl groups is 1. The van der Waals surface area contributed by atoms with E-state index < -0.39 is 66.2 Å². The van der Waals surface area contributed by atoms with Crippen molar-refractivity contribution in [1.29, 1.82) is 0 Å². The summed E-state index contributed by atoms with van der Waals surface area (Å²) < 4.78 is 0. The zero-order valence-electron chi connectivity index (χ0n) is 21.2. The number of amides is 4. The van der Waals surface area contributed by atoms with Crippen molar-refractivity contribution in [3.63, 3.8) is 0 Å². The molecule has 0 radical (unpaired) electrons. The van der Waals surface area contributed by atoms with Gasteiger partial charge in [-0.15, -0.1) is 0 Å². The van der Waals surface area contributed by atoms with Crippen molar-refractivity contribution in [3.05, 3.63) is 29.8 Å². The minimum Gasteiger partial charge on any atom is -0.508 e. The van der Waals surface area contributed by atoms with Gasteiger partial charge in [0.15, 0.2) is 0 Å². The maximum Gasteiger partial charge on any atom is 0.326 e. The molecule has 14 nitrogen and oxygen atoms in total. The molecule has 38 heavy (non-hydrogen) atoms. The van der Waals surface area contributed by atoms with Crippen LogP contribution in [0.5, 0.6) is 5.75 Å². The number of rotatable bonds is 16. The molecule has 0 saturated carbocycles. The molecule has 0 aliphatic heterocycles. The lowest BCUT2D eigenvalue weighted by Gasteiger charge is -2.25. The van der Waals surface area contributed by atoms with Gasteiger partial charge >= 0.3 is 11.9 Å². The second kappa shape index (κ2) is 15.1. The molecule has 1 aromatic rings. The molecule has 0 heterocycles. The number of carbonyl (C=O) groups excluding carboxylic acids is 4. The zero-order valence-corrected chi connectivity index (χ0v) is 21.2. The topological polar surface area (TPSA) is 251 Å². The van der Waals surface area contributed by atoms with Gasteiger partial charge in [-0.3, -0.25) is 24.0 Å². The molecule has 0 fully saturated rings. The number of benzene rings is 1. The molecular weight excluding hydrogens is 502 g/mol. The van der Waals surface area contributed by atoms with E-state index in [1.54, 1.807) is 13.8 Å². The van der Waals surface area contributed by atoms with E-state index in [2.05, 4.69) is 16.0 Å². The van der Waals surface area contributed by atoms with Gasteiger partial charge in [0.25, 0.3) is 0 Å². The number of aliphatic carboxylic acids is 2. The Bertz CT molecular complexity index is 1010. The third kappa shape index (κ3) is 11.2. The number of phenols is 1. The van der Waals surface area contributed by atoms with Crippen LogP contribution in [0.15, 0.2) is 24.3 Å². The van der Waals surface area contributed by atoms with Crippen LogP contribution in [0.3, 0.4) is 0 Å². The Morgan fingerprint density at radius 2 is 1.26 bits per heavy atom. The Morgan fingerprint density at radius 1 is 0.789 bits per heavy atom. The number of carboxylic acids is 2. The van der Waals surface area contributed by atoms with Crippen molar-refractivity contribution in [2.24, 2.45) is 17.4 Å². The van der Waals surface area contributed by atoms with E-state index in [1.165, 1.54) is 24.3 Å². The van der Waals surface area contributed by atoms with Crippen LogP contribution in [-0.4, -0.2) is 75.1 Å². The second-order valence-corrected chi connectivity index (χ2v) is 9.10. The predicted octanol–water partition coefficient (Wildman–Crippen LogP) is -1.41. The molecule has 1 rings (SSSR count). The van der Waals surface area contributed by atoms with E-state index in [0.717, 1.165) is 0 Å². The van der Waals surface area contributed by atoms with E-state index in [1.807, 2.05) is 0 Å². The van der Waals surface area contributed by atoms with Crippen LogP contribution in [0.4, 0.5) is 0 Å². The molecule has 10 N–H and O–H groups in total.